The van der Waals surface area contributed by atoms with Crippen molar-refractivity contribution in [3.8, 4) is 0 Å². The number of hydrogen-bond donors (Lipinski definition) is 1. The summed E-state index contributed by atoms with van der Waals surface area (Å²) in [4.78, 5) is 0. The Morgan fingerprint density at radius 3 is 2.30 bits per heavy atom. The normalized spacial score (nSPS) is 37.3. The summed E-state index contributed by atoms with van der Waals surface area (Å²) in [6, 6.07) is 0. The molecular formula is C8H12CuO. The van der Waals surface area contributed by atoms with E-state index in [4.69, 9.17) is 0 Å². The Bertz CT molecular complexity index is 159. The van der Waals surface area contributed by atoms with Crippen molar-refractivity contribution in [2.24, 2.45) is 5.92 Å². The van der Waals surface area contributed by atoms with Gasteiger partial charge in [0.05, 0.1) is 5.60 Å². The summed E-state index contributed by atoms with van der Waals surface area (Å²) < 4.78 is 0. The van der Waals surface area contributed by atoms with Crippen molar-refractivity contribution >= 4 is 0 Å². The average molecular weight is 188 g/mol. The molecule has 0 aromatic carbocycles. The average Bonchev–Trinajstić information content (AvgIpc) is 1.77. The molecule has 0 spiro atoms. The van der Waals surface area contributed by atoms with Crippen LogP contribution in [0, 0.1) is 5.92 Å². The van der Waals surface area contributed by atoms with E-state index >= 15 is 0 Å². The van der Waals surface area contributed by atoms with Crippen molar-refractivity contribution in [2.45, 2.75) is 19.4 Å². The molecule has 0 aliphatic heterocycles. The van der Waals surface area contributed by atoms with Crippen molar-refractivity contribution < 1.29 is 22.2 Å². The maximum atomic E-state index is 9.50. The molecule has 1 aliphatic rings. The summed E-state index contributed by atoms with van der Waals surface area (Å²) in [5.74, 6) is 0.238. The molecule has 0 heterocycles. The van der Waals surface area contributed by atoms with Crippen molar-refractivity contribution in [2.75, 3.05) is 0 Å². The van der Waals surface area contributed by atoms with Crippen LogP contribution in [0.2, 0.25) is 0 Å². The molecule has 2 unspecified atom stereocenters. The largest absolute Gasteiger partial charge is 0.385 e. The molecule has 0 saturated heterocycles. The van der Waals surface area contributed by atoms with Crippen LogP contribution in [0.15, 0.2) is 24.3 Å². The van der Waals surface area contributed by atoms with Gasteiger partial charge in [0.2, 0.25) is 0 Å². The molecular weight excluding hydrogens is 176 g/mol. The molecule has 0 aromatic heterocycles. The summed E-state index contributed by atoms with van der Waals surface area (Å²) in [6.07, 6.45) is 7.65. The third kappa shape index (κ3) is 1.98. The third-order valence-electron chi connectivity index (χ3n) is 1.87. The third-order valence-corrected chi connectivity index (χ3v) is 1.87. The fraction of sp³-hybridized carbons (Fsp3) is 0.500. The van der Waals surface area contributed by atoms with E-state index in [1.165, 1.54) is 0 Å². The quantitative estimate of drug-likeness (QED) is 0.570. The predicted molar refractivity (Wildman–Crippen MR) is 38.1 cm³/mol. The van der Waals surface area contributed by atoms with E-state index in [2.05, 4.69) is 0 Å². The Hall–Kier alpha value is -0.0405. The molecule has 1 aliphatic carbocycles. The molecule has 0 bridgehead atoms. The smallest absolute Gasteiger partial charge is 0.0862 e. The Kier molecular flexibility index (Phi) is 3.37. The molecule has 2 atom stereocenters. The van der Waals surface area contributed by atoms with Crippen LogP contribution in [0.3, 0.4) is 0 Å². The van der Waals surface area contributed by atoms with E-state index in [1.807, 2.05) is 38.2 Å². The van der Waals surface area contributed by atoms with Crippen LogP contribution in [0.25, 0.3) is 0 Å². The van der Waals surface area contributed by atoms with Gasteiger partial charge in [-0.3, -0.25) is 0 Å². The summed E-state index contributed by atoms with van der Waals surface area (Å²) in [6.45, 7) is 3.82. The predicted octanol–water partition coefficient (Wildman–Crippen LogP) is 1.50. The van der Waals surface area contributed by atoms with Crippen LogP contribution in [-0.2, 0) is 17.1 Å². The zero-order valence-corrected chi connectivity index (χ0v) is 7.08. The first-order valence-corrected chi connectivity index (χ1v) is 3.21. The van der Waals surface area contributed by atoms with Crippen molar-refractivity contribution in [3.05, 3.63) is 24.3 Å². The maximum Gasteiger partial charge on any atom is 0.0862 e. The van der Waals surface area contributed by atoms with E-state index in [0.717, 1.165) is 0 Å². The number of aliphatic hydroxyl groups is 1. The summed E-state index contributed by atoms with van der Waals surface area (Å²) >= 11 is 0. The first-order chi connectivity index (χ1) is 4.13. The topological polar surface area (TPSA) is 20.2 Å². The van der Waals surface area contributed by atoms with E-state index in [-0.39, 0.29) is 23.0 Å². The zero-order chi connectivity index (χ0) is 6.91. The number of hydrogen-bond acceptors (Lipinski definition) is 1. The second-order valence-electron chi connectivity index (χ2n) is 2.76. The molecule has 10 heavy (non-hydrogen) atoms. The monoisotopic (exact) mass is 187 g/mol. The molecule has 1 N–H and O–H groups in total. The first kappa shape index (κ1) is 9.96. The Morgan fingerprint density at radius 1 is 1.40 bits per heavy atom. The van der Waals surface area contributed by atoms with Crippen molar-refractivity contribution in [3.63, 3.8) is 0 Å². The van der Waals surface area contributed by atoms with E-state index in [1.54, 1.807) is 0 Å². The van der Waals surface area contributed by atoms with Gasteiger partial charge in [-0.05, 0) is 6.92 Å². The summed E-state index contributed by atoms with van der Waals surface area (Å²) in [7, 11) is 0. The molecule has 1 radical (unpaired) electrons. The fourth-order valence-electron chi connectivity index (χ4n) is 0.828. The maximum absolute atomic E-state index is 9.50. The number of rotatable bonds is 0. The molecule has 61 valence electrons. The van der Waals surface area contributed by atoms with Gasteiger partial charge in [0.1, 0.15) is 0 Å². The minimum atomic E-state index is -0.630. The van der Waals surface area contributed by atoms with E-state index in [0.29, 0.717) is 0 Å². The second-order valence-corrected chi connectivity index (χ2v) is 2.76. The molecule has 1 rings (SSSR count). The molecule has 0 saturated carbocycles. The van der Waals surface area contributed by atoms with Gasteiger partial charge >= 0.3 is 0 Å². The first-order valence-electron chi connectivity index (χ1n) is 3.21. The van der Waals surface area contributed by atoms with Crippen molar-refractivity contribution in [1.29, 1.82) is 0 Å². The minimum Gasteiger partial charge on any atom is -0.385 e. The van der Waals surface area contributed by atoms with Gasteiger partial charge in [-0.1, -0.05) is 31.2 Å². The summed E-state index contributed by atoms with van der Waals surface area (Å²) in [5, 5.41) is 9.50. The zero-order valence-electron chi connectivity index (χ0n) is 6.14. The SMILES string of the molecule is CC1C=CC=CC1(C)O.[Cu]. The summed E-state index contributed by atoms with van der Waals surface area (Å²) in [5.41, 5.74) is -0.630. The van der Waals surface area contributed by atoms with E-state index in [9.17, 15) is 5.11 Å². The molecule has 1 nitrogen and oxygen atoms in total. The van der Waals surface area contributed by atoms with Gasteiger partial charge in [-0.25, -0.2) is 0 Å². The Labute approximate surface area is 72.3 Å². The van der Waals surface area contributed by atoms with Gasteiger partial charge in [-0.2, -0.15) is 0 Å². The second kappa shape index (κ2) is 3.38. The van der Waals surface area contributed by atoms with Gasteiger partial charge in [-0.15, -0.1) is 0 Å². The van der Waals surface area contributed by atoms with Crippen LogP contribution in [0.1, 0.15) is 13.8 Å². The molecule has 0 fully saturated rings. The van der Waals surface area contributed by atoms with Gasteiger partial charge < -0.3 is 5.11 Å². The Morgan fingerprint density at radius 2 is 2.00 bits per heavy atom. The fourth-order valence-corrected chi connectivity index (χ4v) is 0.828. The van der Waals surface area contributed by atoms with Crippen LogP contribution >= 0.6 is 0 Å². The van der Waals surface area contributed by atoms with E-state index < -0.39 is 5.60 Å². The van der Waals surface area contributed by atoms with Crippen LogP contribution in [0.4, 0.5) is 0 Å². The van der Waals surface area contributed by atoms with Crippen LogP contribution in [0.5, 0.6) is 0 Å². The number of allylic oxidation sites excluding steroid dienone is 2. The minimum absolute atomic E-state index is 0. The standard InChI is InChI=1S/C8H12O.Cu/c1-7-5-3-4-6-8(7,2)9;/h3-7,9H,1-2H3;. The van der Waals surface area contributed by atoms with Gasteiger partial charge in [0, 0.05) is 23.0 Å². The van der Waals surface area contributed by atoms with Gasteiger partial charge in [0.15, 0.2) is 0 Å². The van der Waals surface area contributed by atoms with Crippen molar-refractivity contribution in [1.82, 2.24) is 0 Å². The Balaban J connectivity index is 0.000000810. The molecule has 0 aromatic rings. The molecule has 0 amide bonds. The molecule has 2 heteroatoms. The van der Waals surface area contributed by atoms with Crippen LogP contribution < -0.4 is 0 Å². The van der Waals surface area contributed by atoms with Gasteiger partial charge in [0.25, 0.3) is 0 Å². The van der Waals surface area contributed by atoms with Crippen LogP contribution in [-0.4, -0.2) is 10.7 Å².